The normalized spacial score (nSPS) is 16.4. The molecule has 13 heavy (non-hydrogen) atoms. The highest BCUT2D eigenvalue weighted by molar-refractivity contribution is 6.70. The van der Waals surface area contributed by atoms with Gasteiger partial charge in [0.15, 0.2) is 0 Å². The molecule has 1 fully saturated rings. The monoisotopic (exact) mass is 171 g/mol. The lowest BCUT2D eigenvalue weighted by Gasteiger charge is -2.28. The quantitative estimate of drug-likeness (QED) is 0.657. The molecule has 0 unspecified atom stereocenters. The number of hydrogen-bond acceptors (Lipinski definition) is 2. The summed E-state index contributed by atoms with van der Waals surface area (Å²) in [5.41, 5.74) is 1.24. The van der Waals surface area contributed by atoms with Gasteiger partial charge in [-0.25, -0.2) is 5.26 Å². The second-order valence-corrected chi connectivity index (χ2v) is 3.59. The number of phenolic OH excluding ortho intramolecular Hbond substituents is 1. The summed E-state index contributed by atoms with van der Waals surface area (Å²) in [7, 11) is 0. The van der Waals surface area contributed by atoms with Crippen molar-refractivity contribution in [1.29, 1.82) is 5.26 Å². The van der Waals surface area contributed by atoms with Gasteiger partial charge in [-0.2, -0.15) is 0 Å². The maximum Gasteiger partial charge on any atom is 0.269 e. The van der Waals surface area contributed by atoms with E-state index in [9.17, 15) is 0 Å². The maximum atomic E-state index is 9.07. The van der Waals surface area contributed by atoms with Gasteiger partial charge >= 0.3 is 0 Å². The van der Waals surface area contributed by atoms with Gasteiger partial charge in [0.1, 0.15) is 5.75 Å². The second kappa shape index (κ2) is 3.14. The fourth-order valence-electron chi connectivity index (χ4n) is 1.74. The number of nitrogens with zero attached hydrogens (tertiary/aromatic N) is 1. The molecule has 2 rings (SSSR count). The van der Waals surface area contributed by atoms with Gasteiger partial charge in [-0.1, -0.05) is 24.8 Å². The minimum Gasteiger partial charge on any atom is -0.508 e. The smallest absolute Gasteiger partial charge is 0.269 e. The highest BCUT2D eigenvalue weighted by Gasteiger charge is 2.33. The summed E-state index contributed by atoms with van der Waals surface area (Å²) in [5.74, 6) is 3.10. The highest BCUT2D eigenvalue weighted by Crippen LogP contribution is 2.37. The third kappa shape index (κ3) is 1.53. The van der Waals surface area contributed by atoms with Crippen LogP contribution in [0.1, 0.15) is 11.5 Å². The number of rotatable bonds is 1. The molecule has 64 valence electrons. The van der Waals surface area contributed by atoms with Crippen molar-refractivity contribution >= 4 is 6.71 Å². The molecule has 0 spiro atoms. The Kier molecular flexibility index (Phi) is 1.98. The van der Waals surface area contributed by atoms with Crippen LogP contribution >= 0.6 is 0 Å². The van der Waals surface area contributed by atoms with Gasteiger partial charge in [0.2, 0.25) is 0 Å². The molecule has 0 amide bonds. The Balaban J connectivity index is 2.04. The molecule has 1 aliphatic rings. The Morgan fingerprint density at radius 1 is 1.31 bits per heavy atom. The summed E-state index contributed by atoms with van der Waals surface area (Å²) in [5, 5.41) is 17.7. The van der Waals surface area contributed by atoms with Crippen LogP contribution in [-0.2, 0) is 0 Å². The molecule has 1 aromatic rings. The highest BCUT2D eigenvalue weighted by atomic mass is 16.3. The summed E-state index contributed by atoms with van der Waals surface area (Å²) in [6, 6.07) is 7.28. The minimum absolute atomic E-state index is 0.249. The zero-order valence-corrected chi connectivity index (χ0v) is 7.27. The molecule has 0 bridgehead atoms. The summed E-state index contributed by atoms with van der Waals surface area (Å²) in [6.45, 7) is 0.249. The Morgan fingerprint density at radius 2 is 1.92 bits per heavy atom. The van der Waals surface area contributed by atoms with Crippen molar-refractivity contribution in [2.45, 2.75) is 18.6 Å². The SMILES string of the molecule is N#CB1CC(c2ccc(O)cc2)C1. The molecule has 1 aliphatic heterocycles. The number of hydrogen-bond donors (Lipinski definition) is 1. The van der Waals surface area contributed by atoms with Crippen LogP contribution in [0, 0.1) is 11.2 Å². The van der Waals surface area contributed by atoms with Crippen LogP contribution in [0.4, 0.5) is 0 Å². The van der Waals surface area contributed by atoms with E-state index in [2.05, 4.69) is 5.97 Å². The van der Waals surface area contributed by atoms with Crippen LogP contribution in [0.3, 0.4) is 0 Å². The van der Waals surface area contributed by atoms with Gasteiger partial charge < -0.3 is 5.11 Å². The summed E-state index contributed by atoms with van der Waals surface area (Å²) in [4.78, 5) is 0. The lowest BCUT2D eigenvalue weighted by molar-refractivity contribution is 0.475. The molecular formula is C10H10BNO. The lowest BCUT2D eigenvalue weighted by Crippen LogP contribution is -2.28. The Morgan fingerprint density at radius 3 is 2.46 bits per heavy atom. The fourth-order valence-corrected chi connectivity index (χ4v) is 1.74. The van der Waals surface area contributed by atoms with Crippen LogP contribution < -0.4 is 0 Å². The van der Waals surface area contributed by atoms with Crippen molar-refractivity contribution in [1.82, 2.24) is 0 Å². The average molecular weight is 171 g/mol. The number of phenols is 1. The Labute approximate surface area is 77.9 Å². The first kappa shape index (κ1) is 8.19. The Bertz CT molecular complexity index is 335. The van der Waals surface area contributed by atoms with Gasteiger partial charge in [0.05, 0.1) is 0 Å². The summed E-state index contributed by atoms with van der Waals surface area (Å²) >= 11 is 0. The zero-order chi connectivity index (χ0) is 9.26. The number of nitriles is 1. The first-order chi connectivity index (χ1) is 6.29. The second-order valence-electron chi connectivity index (χ2n) is 3.59. The number of aromatic hydroxyl groups is 1. The molecule has 0 aliphatic carbocycles. The standard InChI is InChI=1S/C10H10BNO/c12-7-11-5-9(6-11)8-1-3-10(13)4-2-8/h1-4,9,13H,5-6H2. The maximum absolute atomic E-state index is 9.07. The molecule has 1 saturated heterocycles. The molecule has 0 aromatic heterocycles. The van der Waals surface area contributed by atoms with Crippen LogP contribution in [0.15, 0.2) is 24.3 Å². The summed E-state index contributed by atoms with van der Waals surface area (Å²) in [6.07, 6.45) is 1.95. The van der Waals surface area contributed by atoms with E-state index in [1.807, 2.05) is 12.1 Å². The lowest BCUT2D eigenvalue weighted by atomic mass is 9.32. The van der Waals surface area contributed by atoms with E-state index in [0.29, 0.717) is 11.7 Å². The van der Waals surface area contributed by atoms with Crippen molar-refractivity contribution < 1.29 is 5.11 Å². The van der Waals surface area contributed by atoms with Crippen LogP contribution in [-0.4, -0.2) is 11.8 Å². The van der Waals surface area contributed by atoms with Crippen LogP contribution in [0.5, 0.6) is 5.75 Å². The molecule has 1 heterocycles. The third-order valence-electron chi connectivity index (χ3n) is 2.69. The van der Waals surface area contributed by atoms with E-state index in [0.717, 1.165) is 12.6 Å². The first-order valence-electron chi connectivity index (χ1n) is 4.48. The Hall–Kier alpha value is -1.43. The van der Waals surface area contributed by atoms with Gasteiger partial charge in [-0.3, -0.25) is 0 Å². The molecule has 2 nitrogen and oxygen atoms in total. The van der Waals surface area contributed by atoms with Gasteiger partial charge in [-0.15, -0.1) is 0 Å². The van der Waals surface area contributed by atoms with Crippen molar-refractivity contribution in [2.24, 2.45) is 0 Å². The van der Waals surface area contributed by atoms with E-state index in [1.54, 1.807) is 12.1 Å². The third-order valence-corrected chi connectivity index (χ3v) is 2.69. The van der Waals surface area contributed by atoms with E-state index in [-0.39, 0.29) is 6.71 Å². The van der Waals surface area contributed by atoms with E-state index < -0.39 is 0 Å². The minimum atomic E-state index is 0.249. The molecule has 0 radical (unpaired) electrons. The van der Waals surface area contributed by atoms with Gasteiger partial charge in [0.25, 0.3) is 6.71 Å². The van der Waals surface area contributed by atoms with E-state index in [4.69, 9.17) is 10.4 Å². The van der Waals surface area contributed by atoms with Crippen molar-refractivity contribution in [3.05, 3.63) is 29.8 Å². The molecule has 1 aromatic carbocycles. The molecular weight excluding hydrogens is 161 g/mol. The van der Waals surface area contributed by atoms with Crippen molar-refractivity contribution in [2.75, 3.05) is 0 Å². The fraction of sp³-hybridized carbons (Fsp3) is 0.300. The molecule has 0 saturated carbocycles. The number of benzene rings is 1. The molecule has 0 atom stereocenters. The first-order valence-corrected chi connectivity index (χ1v) is 4.48. The predicted molar refractivity (Wildman–Crippen MR) is 51.8 cm³/mol. The van der Waals surface area contributed by atoms with Crippen LogP contribution in [0.2, 0.25) is 12.6 Å². The van der Waals surface area contributed by atoms with E-state index in [1.165, 1.54) is 5.56 Å². The molecule has 3 heteroatoms. The van der Waals surface area contributed by atoms with Gasteiger partial charge in [0, 0.05) is 5.97 Å². The topological polar surface area (TPSA) is 44.0 Å². The van der Waals surface area contributed by atoms with Crippen molar-refractivity contribution in [3.63, 3.8) is 0 Å². The average Bonchev–Trinajstić information content (AvgIpc) is 2.06. The van der Waals surface area contributed by atoms with E-state index >= 15 is 0 Å². The van der Waals surface area contributed by atoms with Crippen LogP contribution in [0.25, 0.3) is 0 Å². The van der Waals surface area contributed by atoms with Crippen molar-refractivity contribution in [3.8, 4) is 11.7 Å². The van der Waals surface area contributed by atoms with Gasteiger partial charge in [-0.05, 0) is 23.6 Å². The summed E-state index contributed by atoms with van der Waals surface area (Å²) < 4.78 is 0. The largest absolute Gasteiger partial charge is 0.508 e. The predicted octanol–water partition coefficient (Wildman–Crippen LogP) is 2.05. The molecule has 1 N–H and O–H groups in total. The zero-order valence-electron chi connectivity index (χ0n) is 7.27.